The molecule has 2 aliphatic rings. The minimum Gasteiger partial charge on any atom is -0.381 e. The van der Waals surface area contributed by atoms with Crippen LogP contribution in [0.15, 0.2) is 53.8 Å². The normalized spacial score (nSPS) is 24.2. The lowest BCUT2D eigenvalue weighted by Gasteiger charge is -2.46. The molecule has 0 radical (unpaired) electrons. The highest BCUT2D eigenvalue weighted by molar-refractivity contribution is 5.58. The van der Waals surface area contributed by atoms with Crippen LogP contribution in [-0.2, 0) is 29.9 Å². The van der Waals surface area contributed by atoms with E-state index in [9.17, 15) is 26.7 Å². The van der Waals surface area contributed by atoms with Gasteiger partial charge in [-0.2, -0.15) is 13.2 Å². The number of benzene rings is 1. The number of aryl methyl sites for hydroxylation is 1. The van der Waals surface area contributed by atoms with Gasteiger partial charge in [-0.15, -0.1) is 10.2 Å². The molecule has 3 aromatic heterocycles. The largest absolute Gasteiger partial charge is 0.418 e. The number of rotatable bonds is 7. The first-order chi connectivity index (χ1) is 19.4. The Balaban J connectivity index is 1.39. The Kier molecular flexibility index (Phi) is 6.57. The second-order valence-corrected chi connectivity index (χ2v) is 11.1. The molecular formula is C28H29F5N6O2. The van der Waals surface area contributed by atoms with E-state index in [4.69, 9.17) is 4.74 Å². The number of methoxy groups -OCH3 is 1. The van der Waals surface area contributed by atoms with E-state index in [2.05, 4.69) is 15.5 Å². The van der Waals surface area contributed by atoms with Crippen molar-refractivity contribution in [2.75, 3.05) is 7.11 Å². The van der Waals surface area contributed by atoms with Gasteiger partial charge in [-0.3, -0.25) is 8.97 Å². The predicted octanol–water partition coefficient (Wildman–Crippen LogP) is 4.61. The van der Waals surface area contributed by atoms with E-state index in [1.54, 1.807) is 31.6 Å². The first-order valence-corrected chi connectivity index (χ1v) is 13.3. The SMILES string of the molecule is CO[C@H]1C[C@](c2cccc(-n3cc4c(C(F)(F)F)cc(CNC5CCC(F)(F)C5)cn4c3=O)c2)(c2nncn2C)C1. The van der Waals surface area contributed by atoms with Crippen molar-refractivity contribution < 1.29 is 26.7 Å². The lowest BCUT2D eigenvalue weighted by molar-refractivity contribution is -0.136. The van der Waals surface area contributed by atoms with E-state index in [1.807, 2.05) is 17.7 Å². The highest BCUT2D eigenvalue weighted by atomic mass is 19.4. The molecular weight excluding hydrogens is 547 g/mol. The number of halogens is 5. The molecule has 6 rings (SSSR count). The highest BCUT2D eigenvalue weighted by Crippen LogP contribution is 2.49. The van der Waals surface area contributed by atoms with Crippen LogP contribution in [0.3, 0.4) is 0 Å². The third kappa shape index (κ3) is 4.84. The van der Waals surface area contributed by atoms with Gasteiger partial charge in [0, 0.05) is 52.0 Å². The Morgan fingerprint density at radius 2 is 1.93 bits per heavy atom. The average molecular weight is 577 g/mol. The molecule has 8 nitrogen and oxygen atoms in total. The zero-order valence-electron chi connectivity index (χ0n) is 22.5. The molecule has 13 heteroatoms. The molecule has 3 heterocycles. The molecule has 2 aliphatic carbocycles. The molecule has 0 aliphatic heterocycles. The van der Waals surface area contributed by atoms with Gasteiger partial charge in [0.05, 0.1) is 28.3 Å². The molecule has 0 bridgehead atoms. The average Bonchev–Trinajstić information content (AvgIpc) is 3.58. The first-order valence-electron chi connectivity index (χ1n) is 13.3. The monoisotopic (exact) mass is 576 g/mol. The highest BCUT2D eigenvalue weighted by Gasteiger charge is 2.50. The van der Waals surface area contributed by atoms with Gasteiger partial charge in [0.15, 0.2) is 0 Å². The number of pyridine rings is 1. The molecule has 218 valence electrons. The lowest BCUT2D eigenvalue weighted by atomic mass is 9.62. The topological polar surface area (TPSA) is 78.4 Å². The van der Waals surface area contributed by atoms with Gasteiger partial charge in [0.2, 0.25) is 5.92 Å². The lowest BCUT2D eigenvalue weighted by Crippen LogP contribution is -2.48. The summed E-state index contributed by atoms with van der Waals surface area (Å²) in [6, 6.07) is 7.58. The Bertz CT molecular complexity index is 1650. The zero-order valence-corrected chi connectivity index (χ0v) is 22.5. The molecule has 2 saturated carbocycles. The summed E-state index contributed by atoms with van der Waals surface area (Å²) >= 11 is 0. The third-order valence-electron chi connectivity index (χ3n) is 8.43. The maximum atomic E-state index is 14.2. The van der Waals surface area contributed by atoms with Crippen LogP contribution in [-0.4, -0.2) is 48.9 Å². The van der Waals surface area contributed by atoms with E-state index < -0.39 is 34.8 Å². The van der Waals surface area contributed by atoms with Crippen LogP contribution in [0.2, 0.25) is 0 Å². The summed E-state index contributed by atoms with van der Waals surface area (Å²) in [4.78, 5) is 13.5. The quantitative estimate of drug-likeness (QED) is 0.325. The maximum Gasteiger partial charge on any atom is 0.418 e. The van der Waals surface area contributed by atoms with Gasteiger partial charge < -0.3 is 14.6 Å². The Hall–Kier alpha value is -3.58. The van der Waals surface area contributed by atoms with Gasteiger partial charge in [0.25, 0.3) is 0 Å². The number of alkyl halides is 5. The van der Waals surface area contributed by atoms with Crippen molar-refractivity contribution in [3.63, 3.8) is 0 Å². The Labute approximate surface area is 231 Å². The van der Waals surface area contributed by atoms with Crippen LogP contribution in [0.5, 0.6) is 0 Å². The summed E-state index contributed by atoms with van der Waals surface area (Å²) < 4.78 is 79.1. The van der Waals surface area contributed by atoms with Crippen LogP contribution in [0.4, 0.5) is 22.0 Å². The van der Waals surface area contributed by atoms with Crippen molar-refractivity contribution in [3.05, 3.63) is 82.1 Å². The van der Waals surface area contributed by atoms with E-state index in [0.29, 0.717) is 18.5 Å². The van der Waals surface area contributed by atoms with E-state index in [0.717, 1.165) is 21.9 Å². The number of hydrogen-bond donors (Lipinski definition) is 1. The summed E-state index contributed by atoms with van der Waals surface area (Å²) in [7, 11) is 3.48. The fourth-order valence-electron chi connectivity index (χ4n) is 6.24. The van der Waals surface area contributed by atoms with Crippen LogP contribution < -0.4 is 11.0 Å². The number of nitrogens with one attached hydrogen (secondary N) is 1. The summed E-state index contributed by atoms with van der Waals surface area (Å²) in [5.41, 5.74) is -1.05. The first kappa shape index (κ1) is 27.6. The van der Waals surface area contributed by atoms with Gasteiger partial charge in [-0.25, -0.2) is 13.6 Å². The number of ether oxygens (including phenoxy) is 1. The smallest absolute Gasteiger partial charge is 0.381 e. The van der Waals surface area contributed by atoms with Gasteiger partial charge >= 0.3 is 11.9 Å². The molecule has 0 spiro atoms. The molecule has 2 fully saturated rings. The molecule has 1 aromatic carbocycles. The summed E-state index contributed by atoms with van der Waals surface area (Å²) in [5, 5.41) is 11.3. The molecule has 41 heavy (non-hydrogen) atoms. The van der Waals surface area contributed by atoms with Crippen molar-refractivity contribution in [1.29, 1.82) is 0 Å². The predicted molar refractivity (Wildman–Crippen MR) is 139 cm³/mol. The van der Waals surface area contributed by atoms with Crippen molar-refractivity contribution in [3.8, 4) is 5.69 Å². The number of hydrogen-bond acceptors (Lipinski definition) is 5. The fraction of sp³-hybridized carbons (Fsp3) is 0.464. The number of aromatic nitrogens is 5. The maximum absolute atomic E-state index is 14.2. The third-order valence-corrected chi connectivity index (χ3v) is 8.43. The van der Waals surface area contributed by atoms with E-state index in [1.165, 1.54) is 17.0 Å². The van der Waals surface area contributed by atoms with Crippen molar-refractivity contribution in [2.24, 2.45) is 7.05 Å². The molecule has 4 aromatic rings. The zero-order chi connectivity index (χ0) is 29.2. The van der Waals surface area contributed by atoms with Gasteiger partial charge in [-0.1, -0.05) is 12.1 Å². The van der Waals surface area contributed by atoms with Crippen molar-refractivity contribution in [1.82, 2.24) is 29.0 Å². The Morgan fingerprint density at radius 3 is 2.56 bits per heavy atom. The molecule has 0 amide bonds. The minimum atomic E-state index is -4.74. The summed E-state index contributed by atoms with van der Waals surface area (Å²) in [5.74, 6) is -2.05. The second kappa shape index (κ2) is 9.76. The van der Waals surface area contributed by atoms with E-state index >= 15 is 0 Å². The van der Waals surface area contributed by atoms with Crippen molar-refractivity contribution in [2.45, 2.75) is 68.3 Å². The number of fused-ring (bicyclic) bond motifs is 1. The summed E-state index contributed by atoms with van der Waals surface area (Å²) in [6.45, 7) is -0.0756. The molecule has 1 atom stereocenters. The second-order valence-electron chi connectivity index (χ2n) is 11.1. The fourth-order valence-corrected chi connectivity index (χ4v) is 6.24. The molecule has 0 saturated heterocycles. The minimum absolute atomic E-state index is 0.00647. The van der Waals surface area contributed by atoms with Crippen LogP contribution in [0.1, 0.15) is 54.6 Å². The number of imidazole rings is 1. The molecule has 1 N–H and O–H groups in total. The standard InChI is InChI=1S/C28H29F5N6O2/c1-37-16-35-36-24(37)26(11-21(12-26)41-2)18-4-3-5-20(9-18)38-15-23-22(28(31,32)33)8-17(14-39(23)25(38)40)13-34-19-6-7-27(29,30)10-19/h3-5,8-9,14-16,19,21,34H,6-7,10-13H2,1-2H3/t19?,21-,26-. The van der Waals surface area contributed by atoms with Gasteiger partial charge in [-0.05, 0) is 48.6 Å². The van der Waals surface area contributed by atoms with E-state index in [-0.39, 0.29) is 43.0 Å². The van der Waals surface area contributed by atoms with Gasteiger partial charge in [0.1, 0.15) is 12.2 Å². The van der Waals surface area contributed by atoms with Crippen molar-refractivity contribution >= 4 is 5.52 Å². The van der Waals surface area contributed by atoms with Crippen LogP contribution >= 0.6 is 0 Å². The van der Waals surface area contributed by atoms with Crippen LogP contribution in [0.25, 0.3) is 11.2 Å². The summed E-state index contributed by atoms with van der Waals surface area (Å²) in [6.07, 6.45) is 0.269. The number of nitrogens with zero attached hydrogens (tertiary/aromatic N) is 5. The Morgan fingerprint density at radius 1 is 1.15 bits per heavy atom. The molecule has 1 unspecified atom stereocenters. The van der Waals surface area contributed by atoms with Crippen LogP contribution in [0, 0.1) is 0 Å².